The summed E-state index contributed by atoms with van der Waals surface area (Å²) in [5.74, 6) is -0.0816. The molecule has 1 aromatic heterocycles. The number of aromatic nitrogens is 1. The number of anilines is 1. The van der Waals surface area contributed by atoms with Crippen LogP contribution in [0, 0.1) is 32.1 Å². The van der Waals surface area contributed by atoms with E-state index in [1.165, 1.54) is 11.3 Å². The molecule has 1 aliphatic heterocycles. The maximum atomic E-state index is 13.5. The summed E-state index contributed by atoms with van der Waals surface area (Å²) in [6.45, 7) is 9.00. The smallest absolute Gasteiger partial charge is 0.272 e. The molecule has 152 valence electrons. The van der Waals surface area contributed by atoms with Gasteiger partial charge in [-0.3, -0.25) is 4.79 Å². The second-order valence-corrected chi connectivity index (χ2v) is 7.92. The number of aryl methyl sites for hydroxylation is 3. The van der Waals surface area contributed by atoms with E-state index in [1.54, 1.807) is 6.07 Å². The van der Waals surface area contributed by atoms with Crippen LogP contribution in [0.1, 0.15) is 32.7 Å². The molecule has 0 saturated carbocycles. The Hall–Kier alpha value is -3.52. The summed E-state index contributed by atoms with van der Waals surface area (Å²) < 4.78 is 1.87. The first-order valence-corrected chi connectivity index (χ1v) is 10.3. The highest BCUT2D eigenvalue weighted by Gasteiger charge is 2.27. The summed E-state index contributed by atoms with van der Waals surface area (Å²) in [6, 6.07) is 18.4. The molecule has 1 aliphatic rings. The predicted molar refractivity (Wildman–Crippen MR) is 119 cm³/mol. The van der Waals surface area contributed by atoms with Crippen LogP contribution in [0.2, 0.25) is 0 Å². The first kappa shape index (κ1) is 19.8. The van der Waals surface area contributed by atoms with Gasteiger partial charge in [-0.2, -0.15) is 5.26 Å². The molecule has 4 rings (SSSR count). The van der Waals surface area contributed by atoms with Crippen molar-refractivity contribution in [3.63, 3.8) is 0 Å². The van der Waals surface area contributed by atoms with E-state index in [1.807, 2.05) is 41.6 Å². The van der Waals surface area contributed by atoms with Crippen LogP contribution >= 0.6 is 0 Å². The monoisotopic (exact) mass is 398 g/mol. The summed E-state index contributed by atoms with van der Waals surface area (Å²) in [5.41, 5.74) is 6.47. The van der Waals surface area contributed by atoms with Crippen molar-refractivity contribution < 1.29 is 4.79 Å². The quantitative estimate of drug-likeness (QED) is 0.663. The fourth-order valence-electron chi connectivity index (χ4n) is 4.14. The van der Waals surface area contributed by atoms with E-state index in [4.69, 9.17) is 0 Å². The van der Waals surface area contributed by atoms with E-state index >= 15 is 0 Å². The van der Waals surface area contributed by atoms with Gasteiger partial charge in [-0.15, -0.1) is 0 Å². The van der Waals surface area contributed by atoms with E-state index < -0.39 is 0 Å². The van der Waals surface area contributed by atoms with Crippen molar-refractivity contribution in [2.24, 2.45) is 0 Å². The zero-order valence-corrected chi connectivity index (χ0v) is 17.7. The highest BCUT2D eigenvalue weighted by molar-refractivity contribution is 5.96. The Bertz CT molecular complexity index is 1130. The normalized spacial score (nSPS) is 13.9. The Morgan fingerprint density at radius 3 is 2.30 bits per heavy atom. The molecule has 0 radical (unpaired) electrons. The first-order chi connectivity index (χ1) is 14.5. The lowest BCUT2D eigenvalue weighted by Gasteiger charge is -2.37. The van der Waals surface area contributed by atoms with Gasteiger partial charge in [0, 0.05) is 43.8 Å². The van der Waals surface area contributed by atoms with Gasteiger partial charge in [-0.05, 0) is 55.7 Å². The number of rotatable bonds is 3. The molecule has 2 aromatic carbocycles. The van der Waals surface area contributed by atoms with Gasteiger partial charge in [0.15, 0.2) is 0 Å². The van der Waals surface area contributed by atoms with Crippen LogP contribution in [0.15, 0.2) is 54.7 Å². The summed E-state index contributed by atoms with van der Waals surface area (Å²) in [7, 11) is 0. The number of nitriles is 1. The maximum absolute atomic E-state index is 13.5. The summed E-state index contributed by atoms with van der Waals surface area (Å²) >= 11 is 0. The van der Waals surface area contributed by atoms with Crippen LogP contribution in [-0.4, -0.2) is 41.6 Å². The highest BCUT2D eigenvalue weighted by atomic mass is 16.2. The number of para-hydroxylation sites is 1. The molecule has 0 atom stereocenters. The minimum absolute atomic E-state index is 0.0816. The molecule has 30 heavy (non-hydrogen) atoms. The Morgan fingerprint density at radius 1 is 0.900 bits per heavy atom. The van der Waals surface area contributed by atoms with Gasteiger partial charge >= 0.3 is 0 Å². The van der Waals surface area contributed by atoms with Crippen molar-refractivity contribution >= 4 is 11.6 Å². The number of piperazine rings is 1. The van der Waals surface area contributed by atoms with Crippen LogP contribution < -0.4 is 4.90 Å². The Labute approximate surface area is 177 Å². The third-order valence-corrected chi connectivity index (χ3v) is 5.86. The number of carbonyl (C=O) groups is 1. The van der Waals surface area contributed by atoms with Crippen LogP contribution in [-0.2, 0) is 0 Å². The van der Waals surface area contributed by atoms with Gasteiger partial charge in [0.2, 0.25) is 0 Å². The van der Waals surface area contributed by atoms with E-state index in [2.05, 4.69) is 48.2 Å². The number of hydrogen-bond donors (Lipinski definition) is 0. The average molecular weight is 399 g/mol. The predicted octanol–water partition coefficient (Wildman–Crippen LogP) is 4.24. The molecule has 0 aliphatic carbocycles. The van der Waals surface area contributed by atoms with Gasteiger partial charge in [0.1, 0.15) is 11.8 Å². The Balaban J connectivity index is 1.60. The third-order valence-electron chi connectivity index (χ3n) is 5.86. The number of nitrogens with zero attached hydrogens (tertiary/aromatic N) is 4. The lowest BCUT2D eigenvalue weighted by molar-refractivity contribution is 0.0738. The minimum Gasteiger partial charge on any atom is -0.368 e. The first-order valence-electron chi connectivity index (χ1n) is 10.3. The lowest BCUT2D eigenvalue weighted by Crippen LogP contribution is -2.49. The van der Waals surface area contributed by atoms with Crippen LogP contribution in [0.25, 0.3) is 5.69 Å². The molecule has 0 unspecified atom stereocenters. The largest absolute Gasteiger partial charge is 0.368 e. The van der Waals surface area contributed by atoms with E-state index in [0.717, 1.165) is 29.9 Å². The van der Waals surface area contributed by atoms with Crippen molar-refractivity contribution in [2.45, 2.75) is 20.8 Å². The zero-order chi connectivity index (χ0) is 21.3. The van der Waals surface area contributed by atoms with Crippen LogP contribution in [0.4, 0.5) is 5.69 Å². The summed E-state index contributed by atoms with van der Waals surface area (Å²) in [5, 5.41) is 9.63. The van der Waals surface area contributed by atoms with E-state index in [0.29, 0.717) is 24.3 Å². The average Bonchev–Trinajstić information content (AvgIpc) is 3.19. The molecule has 0 N–H and O–H groups in total. The molecule has 5 nitrogen and oxygen atoms in total. The molecule has 1 amide bonds. The van der Waals surface area contributed by atoms with Gasteiger partial charge in [-0.25, -0.2) is 0 Å². The summed E-state index contributed by atoms with van der Waals surface area (Å²) in [6.07, 6.45) is 1.83. The number of hydrogen-bond acceptors (Lipinski definition) is 3. The van der Waals surface area contributed by atoms with Crippen molar-refractivity contribution in [3.05, 3.63) is 82.7 Å². The topological polar surface area (TPSA) is 52.3 Å². The molecular formula is C25H26N4O. The van der Waals surface area contributed by atoms with Crippen LogP contribution in [0.3, 0.4) is 0 Å². The van der Waals surface area contributed by atoms with Crippen LogP contribution in [0.5, 0.6) is 0 Å². The molecular weight excluding hydrogens is 372 g/mol. The highest BCUT2D eigenvalue weighted by Crippen LogP contribution is 2.25. The third kappa shape index (κ3) is 3.57. The van der Waals surface area contributed by atoms with Crippen molar-refractivity contribution in [1.29, 1.82) is 5.26 Å². The van der Waals surface area contributed by atoms with E-state index in [9.17, 15) is 10.1 Å². The lowest BCUT2D eigenvalue weighted by atomic mass is 10.1. The number of carbonyl (C=O) groups excluding carboxylic acids is 1. The number of amides is 1. The fraction of sp³-hybridized carbons (Fsp3) is 0.280. The fourth-order valence-corrected chi connectivity index (χ4v) is 4.14. The maximum Gasteiger partial charge on any atom is 0.272 e. The van der Waals surface area contributed by atoms with Gasteiger partial charge in [-0.1, -0.05) is 30.3 Å². The molecule has 0 bridgehead atoms. The van der Waals surface area contributed by atoms with Crippen molar-refractivity contribution in [3.8, 4) is 11.8 Å². The minimum atomic E-state index is -0.0816. The molecule has 1 fully saturated rings. The summed E-state index contributed by atoms with van der Waals surface area (Å²) in [4.78, 5) is 17.7. The van der Waals surface area contributed by atoms with E-state index in [-0.39, 0.29) is 5.91 Å². The SMILES string of the molecule is Cc1ccc(C)c(-n2ccc(C#N)c2C(=O)N2CCN(c3ccccc3C)CC2)c1. The van der Waals surface area contributed by atoms with Gasteiger partial charge < -0.3 is 14.4 Å². The van der Waals surface area contributed by atoms with Crippen molar-refractivity contribution in [1.82, 2.24) is 9.47 Å². The Kier molecular flexibility index (Phi) is 5.33. The molecule has 2 heterocycles. The van der Waals surface area contributed by atoms with Gasteiger partial charge in [0.25, 0.3) is 5.91 Å². The number of benzene rings is 2. The molecule has 5 heteroatoms. The molecule has 0 spiro atoms. The molecule has 3 aromatic rings. The molecule has 1 saturated heterocycles. The second-order valence-electron chi connectivity index (χ2n) is 7.92. The van der Waals surface area contributed by atoms with Crippen molar-refractivity contribution in [2.75, 3.05) is 31.1 Å². The second kappa shape index (κ2) is 8.08. The Morgan fingerprint density at radius 2 is 1.60 bits per heavy atom. The standard InChI is InChI=1S/C25H26N4O/c1-18-8-9-20(3)23(16-18)29-11-10-21(17-26)24(29)25(30)28-14-12-27(13-15-28)22-7-5-4-6-19(22)2/h4-11,16H,12-15H2,1-3H3. The zero-order valence-electron chi connectivity index (χ0n) is 17.7. The van der Waals surface area contributed by atoms with Gasteiger partial charge in [0.05, 0.1) is 5.56 Å².